The lowest BCUT2D eigenvalue weighted by Crippen LogP contribution is -2.46. The number of carbonyl (C=O) groups excluding carboxylic acids is 1. The molecule has 0 radical (unpaired) electrons. The summed E-state index contributed by atoms with van der Waals surface area (Å²) in [4.78, 5) is 29.6. The van der Waals surface area contributed by atoms with Gasteiger partial charge in [-0.15, -0.1) is 0 Å². The number of para-hydroxylation sites is 1. The van der Waals surface area contributed by atoms with Gasteiger partial charge in [0.15, 0.2) is 0 Å². The molecule has 2 heterocycles. The third-order valence-electron chi connectivity index (χ3n) is 5.06. The van der Waals surface area contributed by atoms with Gasteiger partial charge in [0.05, 0.1) is 5.56 Å². The van der Waals surface area contributed by atoms with Crippen LogP contribution >= 0.6 is 0 Å². The number of nitrogens with one attached hydrogen (secondary N) is 4. The van der Waals surface area contributed by atoms with E-state index < -0.39 is 0 Å². The van der Waals surface area contributed by atoms with Gasteiger partial charge in [-0.3, -0.25) is 9.59 Å². The van der Waals surface area contributed by atoms with Crippen LogP contribution in [0, 0.1) is 5.53 Å². The Morgan fingerprint density at radius 2 is 1.83 bits per heavy atom. The summed E-state index contributed by atoms with van der Waals surface area (Å²) in [7, 11) is 0. The van der Waals surface area contributed by atoms with Gasteiger partial charge >= 0.3 is 0 Å². The lowest BCUT2D eigenvalue weighted by atomic mass is 10.1. The number of rotatable bonds is 5. The number of amides is 1. The molecule has 152 valence electrons. The lowest BCUT2D eigenvalue weighted by molar-refractivity contribution is 0.0736. The van der Waals surface area contributed by atoms with Crippen LogP contribution in [0.2, 0.25) is 0 Å². The molecule has 0 unspecified atom stereocenters. The molecule has 0 spiro atoms. The minimum Gasteiger partial charge on any atom is -0.360 e. The number of aromatic amines is 1. The second-order valence-electron chi connectivity index (χ2n) is 7.00. The molecule has 1 aromatic heterocycles. The van der Waals surface area contributed by atoms with Crippen molar-refractivity contribution in [2.45, 2.75) is 0 Å². The Bertz CT molecular complexity index is 1160. The van der Waals surface area contributed by atoms with Gasteiger partial charge in [-0.05, 0) is 41.8 Å². The van der Waals surface area contributed by atoms with Gasteiger partial charge in [0.25, 0.3) is 11.5 Å². The zero-order valence-electron chi connectivity index (χ0n) is 16.3. The van der Waals surface area contributed by atoms with Crippen LogP contribution in [-0.4, -0.2) is 42.0 Å². The van der Waals surface area contributed by atoms with Crippen molar-refractivity contribution in [1.82, 2.24) is 15.2 Å². The van der Waals surface area contributed by atoms with Crippen molar-refractivity contribution in [1.29, 1.82) is 5.53 Å². The summed E-state index contributed by atoms with van der Waals surface area (Å²) >= 11 is 0. The Balaban J connectivity index is 1.52. The smallest absolute Gasteiger partial charge is 0.258 e. The van der Waals surface area contributed by atoms with E-state index in [0.29, 0.717) is 24.2 Å². The highest BCUT2D eigenvalue weighted by molar-refractivity contribution is 5.94. The normalized spacial score (nSPS) is 14.5. The summed E-state index contributed by atoms with van der Waals surface area (Å²) in [5, 5.41) is 10.7. The highest BCUT2D eigenvalue weighted by atomic mass is 16.2. The first kappa shape index (κ1) is 19.5. The number of H-pyrrole nitrogens is 1. The number of anilines is 1. The van der Waals surface area contributed by atoms with Crippen molar-refractivity contribution in [3.63, 3.8) is 0 Å². The van der Waals surface area contributed by atoms with E-state index >= 15 is 0 Å². The number of carbonyl (C=O) groups is 1. The highest BCUT2D eigenvalue weighted by Gasteiger charge is 2.17. The predicted octanol–water partition coefficient (Wildman–Crippen LogP) is 3.01. The van der Waals surface area contributed by atoms with Crippen molar-refractivity contribution in [2.24, 2.45) is 5.11 Å². The Morgan fingerprint density at radius 3 is 2.57 bits per heavy atom. The van der Waals surface area contributed by atoms with Gasteiger partial charge in [0.2, 0.25) is 0 Å². The first-order chi connectivity index (χ1) is 14.7. The molecule has 1 saturated heterocycles. The van der Waals surface area contributed by atoms with E-state index in [-0.39, 0.29) is 17.2 Å². The molecule has 1 aliphatic heterocycles. The number of piperazine rings is 1. The van der Waals surface area contributed by atoms with Crippen molar-refractivity contribution < 1.29 is 4.79 Å². The number of benzene rings is 2. The Kier molecular flexibility index (Phi) is 5.67. The third kappa shape index (κ3) is 4.13. The minimum absolute atomic E-state index is 0.0168. The van der Waals surface area contributed by atoms with Gasteiger partial charge in [0.1, 0.15) is 5.70 Å². The zero-order valence-corrected chi connectivity index (χ0v) is 16.3. The molecule has 2 aromatic carbocycles. The largest absolute Gasteiger partial charge is 0.360 e. The summed E-state index contributed by atoms with van der Waals surface area (Å²) in [5.41, 5.74) is 9.77. The molecule has 4 N–H and O–H groups in total. The quantitative estimate of drug-likeness (QED) is 0.491. The van der Waals surface area contributed by atoms with E-state index in [1.807, 2.05) is 29.2 Å². The standard InChI is InChI=1S/C22H22N6O2/c23-27-20(18-13-16-3-1-2-4-19(16)26-21(18)29)14-25-17-7-5-15(6-8-17)22(30)28-11-9-24-10-12-28/h1-8,13-14,23-25H,9-12H2,(H,26,29)/b20-14-,27-23?. The molecule has 1 aliphatic rings. The average Bonchev–Trinajstić information content (AvgIpc) is 2.80. The van der Waals surface area contributed by atoms with E-state index in [2.05, 4.69) is 20.7 Å². The maximum atomic E-state index is 12.5. The summed E-state index contributed by atoms with van der Waals surface area (Å²) in [6.45, 7) is 3.03. The molecule has 8 nitrogen and oxygen atoms in total. The monoisotopic (exact) mass is 402 g/mol. The summed E-state index contributed by atoms with van der Waals surface area (Å²) in [6, 6.07) is 16.3. The van der Waals surface area contributed by atoms with Crippen LogP contribution in [0.5, 0.6) is 0 Å². The van der Waals surface area contributed by atoms with Crippen LogP contribution in [-0.2, 0) is 0 Å². The summed E-state index contributed by atoms with van der Waals surface area (Å²) in [5.74, 6) is 0.0168. The van der Waals surface area contributed by atoms with Crippen molar-refractivity contribution >= 4 is 28.2 Å². The van der Waals surface area contributed by atoms with Gasteiger partial charge in [-0.2, -0.15) is 5.11 Å². The lowest BCUT2D eigenvalue weighted by Gasteiger charge is -2.27. The number of nitrogens with zero attached hydrogens (tertiary/aromatic N) is 2. The number of hydrogen-bond acceptors (Lipinski definition) is 6. The van der Waals surface area contributed by atoms with Crippen LogP contribution in [0.4, 0.5) is 5.69 Å². The molecule has 8 heteroatoms. The SMILES string of the molecule is N=N/C(=C\Nc1ccc(C(=O)N2CCNCC2)cc1)c1cc2ccccc2[nH]c1=O. The second-order valence-corrected chi connectivity index (χ2v) is 7.00. The number of hydrogen-bond donors (Lipinski definition) is 4. The molecule has 1 fully saturated rings. The van der Waals surface area contributed by atoms with Gasteiger partial charge < -0.3 is 20.5 Å². The molecular formula is C22H22N6O2. The molecule has 0 bridgehead atoms. The van der Waals surface area contributed by atoms with Crippen molar-refractivity contribution in [3.05, 3.63) is 82.3 Å². The summed E-state index contributed by atoms with van der Waals surface area (Å²) < 4.78 is 0. The first-order valence-corrected chi connectivity index (χ1v) is 9.72. The van der Waals surface area contributed by atoms with E-state index in [9.17, 15) is 9.59 Å². The van der Waals surface area contributed by atoms with E-state index in [4.69, 9.17) is 5.53 Å². The molecule has 4 rings (SSSR count). The van der Waals surface area contributed by atoms with E-state index in [1.165, 1.54) is 6.20 Å². The number of pyridine rings is 1. The molecule has 0 atom stereocenters. The fourth-order valence-electron chi connectivity index (χ4n) is 3.42. The van der Waals surface area contributed by atoms with E-state index in [0.717, 1.165) is 29.7 Å². The fraction of sp³-hybridized carbons (Fsp3) is 0.182. The fourth-order valence-corrected chi connectivity index (χ4v) is 3.42. The predicted molar refractivity (Wildman–Crippen MR) is 117 cm³/mol. The van der Waals surface area contributed by atoms with E-state index in [1.54, 1.807) is 30.3 Å². The van der Waals surface area contributed by atoms with Gasteiger partial charge in [-0.1, -0.05) is 18.2 Å². The van der Waals surface area contributed by atoms with Crippen LogP contribution in [0.1, 0.15) is 15.9 Å². The summed E-state index contributed by atoms with van der Waals surface area (Å²) in [6.07, 6.45) is 1.51. The zero-order chi connectivity index (χ0) is 20.9. The molecule has 0 saturated carbocycles. The molecule has 3 aromatic rings. The maximum Gasteiger partial charge on any atom is 0.258 e. The molecular weight excluding hydrogens is 380 g/mol. The Labute approximate surface area is 173 Å². The Hall–Kier alpha value is -3.78. The first-order valence-electron chi connectivity index (χ1n) is 9.72. The average molecular weight is 402 g/mol. The maximum absolute atomic E-state index is 12.5. The van der Waals surface area contributed by atoms with Crippen molar-refractivity contribution in [3.8, 4) is 0 Å². The third-order valence-corrected chi connectivity index (χ3v) is 5.06. The minimum atomic E-state index is -0.310. The number of aromatic nitrogens is 1. The highest BCUT2D eigenvalue weighted by Crippen LogP contribution is 2.18. The van der Waals surface area contributed by atoms with Crippen LogP contribution in [0.15, 0.2) is 70.7 Å². The van der Waals surface area contributed by atoms with Crippen LogP contribution < -0.4 is 16.2 Å². The topological polar surface area (TPSA) is 113 Å². The number of fused-ring (bicyclic) bond motifs is 1. The van der Waals surface area contributed by atoms with Gasteiger partial charge in [-0.25, -0.2) is 5.53 Å². The van der Waals surface area contributed by atoms with Gasteiger partial charge in [0, 0.05) is 49.1 Å². The second kappa shape index (κ2) is 8.71. The Morgan fingerprint density at radius 1 is 1.10 bits per heavy atom. The van der Waals surface area contributed by atoms with Crippen LogP contribution in [0.3, 0.4) is 0 Å². The molecule has 1 amide bonds. The van der Waals surface area contributed by atoms with Crippen LogP contribution in [0.25, 0.3) is 16.6 Å². The molecule has 30 heavy (non-hydrogen) atoms. The molecule has 0 aliphatic carbocycles. The van der Waals surface area contributed by atoms with Crippen molar-refractivity contribution in [2.75, 3.05) is 31.5 Å².